The Labute approximate surface area is 118 Å². The summed E-state index contributed by atoms with van der Waals surface area (Å²) >= 11 is 0. The maximum atomic E-state index is 6.48. The predicted molar refractivity (Wildman–Crippen MR) is 82.0 cm³/mol. The van der Waals surface area contributed by atoms with Gasteiger partial charge < -0.3 is 10.6 Å². The lowest BCUT2D eigenvalue weighted by atomic mass is 9.96. The summed E-state index contributed by atoms with van der Waals surface area (Å²) in [7, 11) is 2.25. The summed E-state index contributed by atoms with van der Waals surface area (Å²) in [5.41, 5.74) is 7.74. The second kappa shape index (κ2) is 7.06. The lowest BCUT2D eigenvalue weighted by Gasteiger charge is -2.34. The highest BCUT2D eigenvalue weighted by atomic mass is 15.1. The van der Waals surface area contributed by atoms with E-state index in [1.807, 2.05) is 0 Å². The van der Waals surface area contributed by atoms with Gasteiger partial charge in [-0.1, -0.05) is 50.1 Å². The van der Waals surface area contributed by atoms with Gasteiger partial charge in [-0.2, -0.15) is 0 Å². The molecule has 0 aromatic heterocycles. The van der Waals surface area contributed by atoms with Crippen molar-refractivity contribution >= 4 is 0 Å². The van der Waals surface area contributed by atoms with Crippen LogP contribution in [0, 0.1) is 5.92 Å². The van der Waals surface area contributed by atoms with E-state index in [0.29, 0.717) is 6.04 Å². The maximum Gasteiger partial charge on any atom is 0.0452 e. The quantitative estimate of drug-likeness (QED) is 0.847. The Kier molecular flexibility index (Phi) is 5.41. The van der Waals surface area contributed by atoms with Crippen LogP contribution in [0.15, 0.2) is 30.3 Å². The zero-order valence-electron chi connectivity index (χ0n) is 12.4. The van der Waals surface area contributed by atoms with Gasteiger partial charge in [-0.25, -0.2) is 0 Å². The molecule has 0 aliphatic heterocycles. The summed E-state index contributed by atoms with van der Waals surface area (Å²) < 4.78 is 0. The van der Waals surface area contributed by atoms with Crippen molar-refractivity contribution in [3.8, 4) is 0 Å². The molecule has 2 N–H and O–H groups in total. The van der Waals surface area contributed by atoms with Crippen LogP contribution < -0.4 is 5.73 Å². The molecule has 0 spiro atoms. The van der Waals surface area contributed by atoms with E-state index in [4.69, 9.17) is 5.73 Å². The number of hydrogen-bond donors (Lipinski definition) is 1. The molecule has 1 saturated carbocycles. The number of nitrogens with two attached hydrogens (primary N) is 1. The van der Waals surface area contributed by atoms with Crippen LogP contribution in [0.1, 0.15) is 50.6 Å². The molecule has 0 heterocycles. The first-order chi connectivity index (χ1) is 9.22. The van der Waals surface area contributed by atoms with Gasteiger partial charge in [0.25, 0.3) is 0 Å². The number of hydrogen-bond acceptors (Lipinski definition) is 2. The third-order valence-electron chi connectivity index (χ3n) is 4.60. The lowest BCUT2D eigenvalue weighted by molar-refractivity contribution is 0.177. The van der Waals surface area contributed by atoms with Crippen LogP contribution >= 0.6 is 0 Å². The van der Waals surface area contributed by atoms with Gasteiger partial charge in [0.1, 0.15) is 0 Å². The van der Waals surface area contributed by atoms with E-state index in [9.17, 15) is 0 Å². The largest absolute Gasteiger partial charge is 0.323 e. The van der Waals surface area contributed by atoms with Gasteiger partial charge in [-0.15, -0.1) is 0 Å². The summed E-state index contributed by atoms with van der Waals surface area (Å²) in [4.78, 5) is 2.49. The van der Waals surface area contributed by atoms with Crippen molar-refractivity contribution in [3.05, 3.63) is 35.9 Å². The van der Waals surface area contributed by atoms with Crippen molar-refractivity contribution < 1.29 is 0 Å². The average molecular weight is 260 g/mol. The second-order valence-electron chi connectivity index (χ2n) is 6.00. The SMILES string of the molecule is CCC(C(N)c1ccccc1)N(C)CC1CCCC1. The van der Waals surface area contributed by atoms with Gasteiger partial charge in [0.2, 0.25) is 0 Å². The van der Waals surface area contributed by atoms with Crippen LogP contribution in [-0.4, -0.2) is 24.5 Å². The summed E-state index contributed by atoms with van der Waals surface area (Å²) in [5, 5.41) is 0. The van der Waals surface area contributed by atoms with Crippen molar-refractivity contribution in [1.82, 2.24) is 4.90 Å². The molecule has 19 heavy (non-hydrogen) atoms. The molecule has 1 aliphatic carbocycles. The van der Waals surface area contributed by atoms with Crippen molar-refractivity contribution in [2.75, 3.05) is 13.6 Å². The minimum atomic E-state index is 0.123. The molecule has 2 rings (SSSR count). The monoisotopic (exact) mass is 260 g/mol. The van der Waals surface area contributed by atoms with Crippen LogP contribution in [0.25, 0.3) is 0 Å². The fourth-order valence-electron chi connectivity index (χ4n) is 3.47. The van der Waals surface area contributed by atoms with Crippen LogP contribution in [0.3, 0.4) is 0 Å². The Morgan fingerprint density at radius 1 is 1.21 bits per heavy atom. The van der Waals surface area contributed by atoms with Gasteiger partial charge in [0.15, 0.2) is 0 Å². The first-order valence-corrected chi connectivity index (χ1v) is 7.73. The van der Waals surface area contributed by atoms with Gasteiger partial charge in [-0.3, -0.25) is 0 Å². The molecule has 2 unspecified atom stereocenters. The van der Waals surface area contributed by atoms with Crippen molar-refractivity contribution in [1.29, 1.82) is 0 Å². The summed E-state index contributed by atoms with van der Waals surface area (Å²) in [5.74, 6) is 0.891. The van der Waals surface area contributed by atoms with Gasteiger partial charge in [0.05, 0.1) is 0 Å². The molecule has 1 aromatic rings. The van der Waals surface area contributed by atoms with E-state index in [1.165, 1.54) is 37.8 Å². The maximum absolute atomic E-state index is 6.48. The Bertz CT molecular complexity index is 357. The predicted octanol–water partition coefficient (Wildman–Crippen LogP) is 3.59. The smallest absolute Gasteiger partial charge is 0.0452 e. The minimum absolute atomic E-state index is 0.123. The zero-order valence-corrected chi connectivity index (χ0v) is 12.4. The van der Waals surface area contributed by atoms with Crippen molar-refractivity contribution in [2.24, 2.45) is 11.7 Å². The topological polar surface area (TPSA) is 29.3 Å². The fourth-order valence-corrected chi connectivity index (χ4v) is 3.47. The molecule has 2 atom stereocenters. The normalized spacial score (nSPS) is 19.8. The molecule has 106 valence electrons. The zero-order chi connectivity index (χ0) is 13.7. The van der Waals surface area contributed by atoms with E-state index in [0.717, 1.165) is 12.3 Å². The van der Waals surface area contributed by atoms with Gasteiger partial charge in [-0.05, 0) is 37.8 Å². The highest BCUT2D eigenvalue weighted by Crippen LogP contribution is 2.28. The molecule has 0 radical (unpaired) electrons. The summed E-state index contributed by atoms with van der Waals surface area (Å²) in [6, 6.07) is 11.1. The van der Waals surface area contributed by atoms with Crippen LogP contribution in [-0.2, 0) is 0 Å². The second-order valence-corrected chi connectivity index (χ2v) is 6.00. The van der Waals surface area contributed by atoms with Crippen LogP contribution in [0.2, 0.25) is 0 Å². The van der Waals surface area contributed by atoms with E-state index in [-0.39, 0.29) is 6.04 Å². The number of nitrogens with zero attached hydrogens (tertiary/aromatic N) is 1. The fraction of sp³-hybridized carbons (Fsp3) is 0.647. The first kappa shape index (κ1) is 14.5. The Hall–Kier alpha value is -0.860. The number of benzene rings is 1. The minimum Gasteiger partial charge on any atom is -0.323 e. The van der Waals surface area contributed by atoms with E-state index in [2.05, 4.69) is 49.2 Å². The third kappa shape index (κ3) is 3.80. The average Bonchev–Trinajstić information content (AvgIpc) is 2.93. The number of rotatable bonds is 6. The Balaban J connectivity index is 1.97. The van der Waals surface area contributed by atoms with Crippen molar-refractivity contribution in [2.45, 2.75) is 51.1 Å². The molecule has 2 heteroatoms. The molecule has 1 fully saturated rings. The highest BCUT2D eigenvalue weighted by Gasteiger charge is 2.25. The molecular weight excluding hydrogens is 232 g/mol. The number of likely N-dealkylation sites (N-methyl/N-ethyl adjacent to an activating group) is 1. The summed E-state index contributed by atoms with van der Waals surface area (Å²) in [6.45, 7) is 3.46. The molecule has 1 aliphatic rings. The van der Waals surface area contributed by atoms with Crippen LogP contribution in [0.4, 0.5) is 0 Å². The first-order valence-electron chi connectivity index (χ1n) is 7.73. The van der Waals surface area contributed by atoms with E-state index in [1.54, 1.807) is 0 Å². The van der Waals surface area contributed by atoms with Gasteiger partial charge >= 0.3 is 0 Å². The van der Waals surface area contributed by atoms with Crippen LogP contribution in [0.5, 0.6) is 0 Å². The molecule has 1 aromatic carbocycles. The van der Waals surface area contributed by atoms with Crippen molar-refractivity contribution in [3.63, 3.8) is 0 Å². The highest BCUT2D eigenvalue weighted by molar-refractivity contribution is 5.20. The standard InChI is InChI=1S/C17H28N2/c1-3-16(17(18)15-11-5-4-6-12-15)19(2)13-14-9-7-8-10-14/h4-6,11-12,14,16-17H,3,7-10,13,18H2,1-2H3. The van der Waals surface area contributed by atoms with E-state index < -0.39 is 0 Å². The molecule has 0 bridgehead atoms. The summed E-state index contributed by atoms with van der Waals surface area (Å²) in [6.07, 6.45) is 6.75. The molecule has 2 nitrogen and oxygen atoms in total. The lowest BCUT2D eigenvalue weighted by Crippen LogP contribution is -2.42. The molecule has 0 amide bonds. The Morgan fingerprint density at radius 2 is 1.84 bits per heavy atom. The molecule has 0 saturated heterocycles. The van der Waals surface area contributed by atoms with E-state index >= 15 is 0 Å². The van der Waals surface area contributed by atoms with Gasteiger partial charge in [0, 0.05) is 18.6 Å². The third-order valence-corrected chi connectivity index (χ3v) is 4.60. The molecular formula is C17H28N2. The Morgan fingerprint density at radius 3 is 2.42 bits per heavy atom.